The van der Waals surface area contributed by atoms with Crippen LogP contribution in [0.3, 0.4) is 0 Å². The molecule has 0 N–H and O–H groups in total. The lowest BCUT2D eigenvalue weighted by Gasteiger charge is -2.03. The Morgan fingerprint density at radius 1 is 0.941 bits per heavy atom. The summed E-state index contributed by atoms with van der Waals surface area (Å²) < 4.78 is 0. The second-order valence-corrected chi connectivity index (χ2v) is 4.45. The molecule has 0 radical (unpaired) electrons. The number of hydrogen-bond donors (Lipinski definition) is 0. The summed E-state index contributed by atoms with van der Waals surface area (Å²) in [5.41, 5.74) is 5.38. The quantitative estimate of drug-likeness (QED) is 0.714. The molecule has 17 heavy (non-hydrogen) atoms. The van der Waals surface area contributed by atoms with Gasteiger partial charge in [-0.25, -0.2) is 0 Å². The van der Waals surface area contributed by atoms with Gasteiger partial charge in [0.05, 0.1) is 0 Å². The van der Waals surface area contributed by atoms with Gasteiger partial charge in [-0.05, 0) is 37.0 Å². The summed E-state index contributed by atoms with van der Waals surface area (Å²) >= 11 is 0. The van der Waals surface area contributed by atoms with E-state index in [2.05, 4.69) is 68.5 Å². The van der Waals surface area contributed by atoms with Gasteiger partial charge in [0, 0.05) is 0 Å². The van der Waals surface area contributed by atoms with Crippen LogP contribution in [0.5, 0.6) is 0 Å². The first kappa shape index (κ1) is 11.7. The smallest absolute Gasteiger partial charge is 0.00914 e. The minimum atomic E-state index is 1.00. The zero-order chi connectivity index (χ0) is 12.1. The highest BCUT2D eigenvalue weighted by atomic mass is 14.0. The lowest BCUT2D eigenvalue weighted by atomic mass is 10.0. The maximum atomic E-state index is 2.27. The molecule has 0 saturated heterocycles. The molecule has 86 valence electrons. The average molecular weight is 222 g/mol. The van der Waals surface area contributed by atoms with Crippen molar-refractivity contribution in [2.45, 2.75) is 20.3 Å². The molecule has 0 aromatic heterocycles. The summed E-state index contributed by atoms with van der Waals surface area (Å²) in [7, 11) is 0. The molecule has 0 fully saturated rings. The molecule has 0 bridgehead atoms. The molecular formula is C17H18. The van der Waals surface area contributed by atoms with Crippen LogP contribution in [0.15, 0.2) is 54.6 Å². The largest absolute Gasteiger partial charge is 0.0795 e. The van der Waals surface area contributed by atoms with Gasteiger partial charge in [0.25, 0.3) is 0 Å². The molecule has 2 aromatic rings. The first-order chi connectivity index (χ1) is 8.25. The van der Waals surface area contributed by atoms with E-state index in [0.717, 1.165) is 6.42 Å². The van der Waals surface area contributed by atoms with E-state index in [9.17, 15) is 0 Å². The van der Waals surface area contributed by atoms with Gasteiger partial charge in [-0.3, -0.25) is 0 Å². The third-order valence-electron chi connectivity index (χ3n) is 2.95. The number of aryl methyl sites for hydroxylation is 2. The molecule has 0 aliphatic heterocycles. The van der Waals surface area contributed by atoms with E-state index in [1.54, 1.807) is 0 Å². The summed E-state index contributed by atoms with van der Waals surface area (Å²) in [5.74, 6) is 0. The second kappa shape index (κ2) is 5.49. The second-order valence-electron chi connectivity index (χ2n) is 4.45. The van der Waals surface area contributed by atoms with E-state index >= 15 is 0 Å². The highest BCUT2D eigenvalue weighted by molar-refractivity contribution is 5.49. The Kier molecular flexibility index (Phi) is 3.77. The van der Waals surface area contributed by atoms with Gasteiger partial charge in [0.2, 0.25) is 0 Å². The van der Waals surface area contributed by atoms with Crippen molar-refractivity contribution in [1.82, 2.24) is 0 Å². The van der Waals surface area contributed by atoms with Gasteiger partial charge < -0.3 is 0 Å². The lowest BCUT2D eigenvalue weighted by Crippen LogP contribution is -1.87. The first-order valence-electron chi connectivity index (χ1n) is 6.03. The van der Waals surface area contributed by atoms with Crippen molar-refractivity contribution < 1.29 is 0 Å². The van der Waals surface area contributed by atoms with Gasteiger partial charge in [0.15, 0.2) is 0 Å². The molecule has 0 nitrogen and oxygen atoms in total. The Labute approximate surface area is 104 Å². The highest BCUT2D eigenvalue weighted by Crippen LogP contribution is 2.12. The van der Waals surface area contributed by atoms with Gasteiger partial charge in [-0.1, -0.05) is 66.2 Å². The highest BCUT2D eigenvalue weighted by Gasteiger charge is 1.95. The molecule has 0 heteroatoms. The third-order valence-corrected chi connectivity index (χ3v) is 2.95. The number of rotatable bonds is 3. The zero-order valence-corrected chi connectivity index (χ0v) is 10.5. The van der Waals surface area contributed by atoms with Crippen molar-refractivity contribution in [2.75, 3.05) is 0 Å². The summed E-state index contributed by atoms with van der Waals surface area (Å²) in [5, 5.41) is 0. The molecule has 0 unspecified atom stereocenters. The van der Waals surface area contributed by atoms with Crippen LogP contribution in [0.4, 0.5) is 0 Å². The molecule has 0 amide bonds. The third kappa shape index (κ3) is 3.32. The van der Waals surface area contributed by atoms with Crippen molar-refractivity contribution in [2.24, 2.45) is 0 Å². The molecule has 0 atom stereocenters. The fourth-order valence-electron chi connectivity index (χ4n) is 1.91. The monoisotopic (exact) mass is 222 g/mol. The SMILES string of the molecule is Cc1ccc(C)c(C/C=C/c2ccccc2)c1. The molecule has 0 aliphatic carbocycles. The van der Waals surface area contributed by atoms with Gasteiger partial charge in [0.1, 0.15) is 0 Å². The minimum absolute atomic E-state index is 1.00. The summed E-state index contributed by atoms with van der Waals surface area (Å²) in [4.78, 5) is 0. The zero-order valence-electron chi connectivity index (χ0n) is 10.5. The van der Waals surface area contributed by atoms with Gasteiger partial charge in [-0.2, -0.15) is 0 Å². The number of benzene rings is 2. The van der Waals surface area contributed by atoms with E-state index in [4.69, 9.17) is 0 Å². The van der Waals surface area contributed by atoms with E-state index in [-0.39, 0.29) is 0 Å². The van der Waals surface area contributed by atoms with Crippen LogP contribution in [0.1, 0.15) is 22.3 Å². The Morgan fingerprint density at radius 2 is 1.71 bits per heavy atom. The van der Waals surface area contributed by atoms with Crippen LogP contribution < -0.4 is 0 Å². The lowest BCUT2D eigenvalue weighted by molar-refractivity contribution is 1.20. The van der Waals surface area contributed by atoms with Crippen LogP contribution >= 0.6 is 0 Å². The molecule has 2 rings (SSSR count). The van der Waals surface area contributed by atoms with Crippen molar-refractivity contribution >= 4 is 6.08 Å². The molecule has 2 aromatic carbocycles. The van der Waals surface area contributed by atoms with Crippen molar-refractivity contribution in [3.8, 4) is 0 Å². The minimum Gasteiger partial charge on any atom is -0.0795 e. The Bertz CT molecular complexity index is 507. The molecule has 0 spiro atoms. The van der Waals surface area contributed by atoms with Crippen LogP contribution in [0, 0.1) is 13.8 Å². The number of allylic oxidation sites excluding steroid dienone is 1. The molecule has 0 saturated carbocycles. The van der Waals surface area contributed by atoms with E-state index in [0.29, 0.717) is 0 Å². The van der Waals surface area contributed by atoms with E-state index in [1.807, 2.05) is 6.07 Å². The maximum absolute atomic E-state index is 2.27. The van der Waals surface area contributed by atoms with Crippen molar-refractivity contribution in [1.29, 1.82) is 0 Å². The summed E-state index contributed by atoms with van der Waals surface area (Å²) in [6, 6.07) is 17.1. The Morgan fingerprint density at radius 3 is 2.47 bits per heavy atom. The predicted molar refractivity (Wildman–Crippen MR) is 75.1 cm³/mol. The summed E-state index contributed by atoms with van der Waals surface area (Å²) in [6.07, 6.45) is 5.42. The number of hydrogen-bond acceptors (Lipinski definition) is 0. The molecule has 0 heterocycles. The van der Waals surface area contributed by atoms with Gasteiger partial charge in [-0.15, -0.1) is 0 Å². The normalized spacial score (nSPS) is 10.9. The average Bonchev–Trinajstić information content (AvgIpc) is 2.35. The van der Waals surface area contributed by atoms with Crippen molar-refractivity contribution in [3.63, 3.8) is 0 Å². The first-order valence-corrected chi connectivity index (χ1v) is 6.03. The van der Waals surface area contributed by atoms with Crippen LogP contribution in [0.2, 0.25) is 0 Å². The van der Waals surface area contributed by atoms with Gasteiger partial charge >= 0.3 is 0 Å². The fraction of sp³-hybridized carbons (Fsp3) is 0.176. The predicted octanol–water partition coefficient (Wildman–Crippen LogP) is 4.56. The van der Waals surface area contributed by atoms with Crippen LogP contribution in [-0.4, -0.2) is 0 Å². The topological polar surface area (TPSA) is 0 Å². The summed E-state index contributed by atoms with van der Waals surface area (Å²) in [6.45, 7) is 4.31. The maximum Gasteiger partial charge on any atom is -0.00914 e. The Balaban J connectivity index is 2.07. The molecular weight excluding hydrogens is 204 g/mol. The van der Waals surface area contributed by atoms with E-state index in [1.165, 1.54) is 22.3 Å². The van der Waals surface area contributed by atoms with E-state index < -0.39 is 0 Å². The Hall–Kier alpha value is -1.82. The fourth-order valence-corrected chi connectivity index (χ4v) is 1.91. The molecule has 0 aliphatic rings. The van der Waals surface area contributed by atoms with Crippen molar-refractivity contribution in [3.05, 3.63) is 76.9 Å². The standard InChI is InChI=1S/C17H18/c1-14-11-12-15(2)17(13-14)10-6-9-16-7-4-3-5-8-16/h3-9,11-13H,10H2,1-2H3/b9-6+. The van der Waals surface area contributed by atoms with Crippen LogP contribution in [-0.2, 0) is 6.42 Å². The van der Waals surface area contributed by atoms with Crippen LogP contribution in [0.25, 0.3) is 6.08 Å².